The average Bonchev–Trinajstić information content (AvgIpc) is 2.91. The highest BCUT2D eigenvalue weighted by molar-refractivity contribution is 7.95. The van der Waals surface area contributed by atoms with Crippen LogP contribution < -0.4 is 18.9 Å². The smallest absolute Gasteiger partial charge is 0.263 e. The van der Waals surface area contributed by atoms with Crippen LogP contribution in [0, 0.1) is 13.8 Å². The van der Waals surface area contributed by atoms with Crippen molar-refractivity contribution < 1.29 is 22.6 Å². The third kappa shape index (κ3) is 6.01. The second kappa shape index (κ2) is 11.0. The Balaban J connectivity index is 1.80. The number of hydrogen-bond acceptors (Lipinski definition) is 9. The number of aryl methyl sites for hydroxylation is 1. The summed E-state index contributed by atoms with van der Waals surface area (Å²) in [6.07, 6.45) is 4.56. The van der Waals surface area contributed by atoms with Gasteiger partial charge >= 0.3 is 0 Å². The predicted molar refractivity (Wildman–Crippen MR) is 140 cm³/mol. The van der Waals surface area contributed by atoms with Gasteiger partial charge in [-0.05, 0) is 54.8 Å². The Bertz CT molecular complexity index is 1540. The molecule has 190 valence electrons. The number of para-hydroxylation sites is 2. The van der Waals surface area contributed by atoms with Crippen LogP contribution in [0.15, 0.2) is 66.3 Å². The molecule has 0 radical (unpaired) electrons. The molecule has 0 aliphatic carbocycles. The number of benzene rings is 2. The number of methoxy groups -OCH3 is 2. The molecule has 2 aromatic heterocycles. The third-order valence-electron chi connectivity index (χ3n) is 5.39. The average molecular weight is 520 g/mol. The van der Waals surface area contributed by atoms with Gasteiger partial charge in [0.25, 0.3) is 15.9 Å². The van der Waals surface area contributed by atoms with Gasteiger partial charge in [-0.1, -0.05) is 30.3 Å². The minimum absolute atomic E-state index is 0.0282. The number of hydrogen-bond donors (Lipinski definition) is 1. The van der Waals surface area contributed by atoms with Crippen LogP contribution in [0.2, 0.25) is 0 Å². The summed E-state index contributed by atoms with van der Waals surface area (Å²) in [5.41, 5.74) is 2.80. The summed E-state index contributed by atoms with van der Waals surface area (Å²) in [7, 11) is -1.17. The molecule has 0 atom stereocenters. The third-order valence-corrected chi connectivity index (χ3v) is 6.36. The van der Waals surface area contributed by atoms with Gasteiger partial charge in [-0.15, -0.1) is 0 Å². The van der Waals surface area contributed by atoms with Crippen molar-refractivity contribution in [3.8, 4) is 34.8 Å². The number of nitrogens with one attached hydrogen (secondary N) is 1. The van der Waals surface area contributed by atoms with Gasteiger partial charge in [0.1, 0.15) is 0 Å². The van der Waals surface area contributed by atoms with Crippen molar-refractivity contribution in [3.05, 3.63) is 83.0 Å². The van der Waals surface area contributed by atoms with Crippen molar-refractivity contribution in [3.63, 3.8) is 0 Å². The Morgan fingerprint density at radius 3 is 2.27 bits per heavy atom. The van der Waals surface area contributed by atoms with Gasteiger partial charge in [-0.2, -0.15) is 4.98 Å². The van der Waals surface area contributed by atoms with E-state index in [9.17, 15) is 8.42 Å². The lowest BCUT2D eigenvalue weighted by atomic mass is 10.0. The van der Waals surface area contributed by atoms with Crippen molar-refractivity contribution in [2.75, 3.05) is 18.9 Å². The lowest BCUT2D eigenvalue weighted by Gasteiger charge is -2.16. The minimum atomic E-state index is -4.05. The fraction of sp³-hybridized carbons (Fsp3) is 0.154. The zero-order chi connectivity index (χ0) is 26.4. The van der Waals surface area contributed by atoms with Gasteiger partial charge in [0.2, 0.25) is 11.6 Å². The van der Waals surface area contributed by atoms with Crippen molar-refractivity contribution in [2.24, 2.45) is 0 Å². The molecule has 10 nitrogen and oxygen atoms in total. The second-order valence-electron chi connectivity index (χ2n) is 7.80. The van der Waals surface area contributed by atoms with E-state index in [1.807, 2.05) is 32.0 Å². The molecule has 4 rings (SSSR count). The zero-order valence-corrected chi connectivity index (χ0v) is 21.5. The predicted octanol–water partition coefficient (Wildman–Crippen LogP) is 4.77. The quantitative estimate of drug-likeness (QED) is 0.333. The minimum Gasteiger partial charge on any atom is -0.493 e. The molecule has 37 heavy (non-hydrogen) atoms. The summed E-state index contributed by atoms with van der Waals surface area (Å²) < 4.78 is 45.6. The number of nitrogens with zero attached hydrogens (tertiary/aromatic N) is 4. The van der Waals surface area contributed by atoms with Crippen LogP contribution in [0.25, 0.3) is 17.7 Å². The fourth-order valence-corrected chi connectivity index (χ4v) is 4.14. The number of sulfonamides is 1. The number of anilines is 1. The van der Waals surface area contributed by atoms with Crippen molar-refractivity contribution in [1.82, 2.24) is 19.9 Å². The molecule has 4 aromatic rings. The molecule has 0 saturated carbocycles. The van der Waals surface area contributed by atoms with Crippen LogP contribution in [0.3, 0.4) is 0 Å². The lowest BCUT2D eigenvalue weighted by molar-refractivity contribution is 0.348. The van der Waals surface area contributed by atoms with Crippen LogP contribution in [0.5, 0.6) is 23.1 Å². The first-order valence-electron chi connectivity index (χ1n) is 11.1. The molecular weight excluding hydrogens is 494 g/mol. The molecule has 2 heterocycles. The normalized spacial score (nSPS) is 11.4. The van der Waals surface area contributed by atoms with Crippen LogP contribution in [-0.2, 0) is 10.0 Å². The summed E-state index contributed by atoms with van der Waals surface area (Å²) in [5, 5.41) is 1.06. The van der Waals surface area contributed by atoms with Gasteiger partial charge < -0.3 is 14.2 Å². The topological polar surface area (TPSA) is 125 Å². The zero-order valence-electron chi connectivity index (χ0n) is 20.7. The Morgan fingerprint density at radius 2 is 1.57 bits per heavy atom. The molecule has 1 N–H and O–H groups in total. The summed E-state index contributed by atoms with van der Waals surface area (Å²) >= 11 is 0. The van der Waals surface area contributed by atoms with Gasteiger partial charge in [-0.25, -0.2) is 23.4 Å². The molecule has 11 heteroatoms. The van der Waals surface area contributed by atoms with E-state index >= 15 is 0 Å². The molecule has 0 spiro atoms. The van der Waals surface area contributed by atoms with Crippen molar-refractivity contribution in [2.45, 2.75) is 13.8 Å². The van der Waals surface area contributed by atoms with Gasteiger partial charge in [0.15, 0.2) is 23.1 Å². The Kier molecular flexibility index (Phi) is 7.63. The summed E-state index contributed by atoms with van der Waals surface area (Å²) in [5.74, 6) is 0.698. The summed E-state index contributed by atoms with van der Waals surface area (Å²) in [4.78, 5) is 17.0. The first-order valence-corrected chi connectivity index (χ1v) is 12.7. The van der Waals surface area contributed by atoms with E-state index in [0.29, 0.717) is 11.5 Å². The molecule has 0 amide bonds. The molecule has 0 aliphatic rings. The Hall–Kier alpha value is -4.51. The van der Waals surface area contributed by atoms with E-state index in [-0.39, 0.29) is 29.1 Å². The molecule has 0 saturated heterocycles. The number of ether oxygens (including phenoxy) is 3. The standard InChI is InChI=1S/C26H25N5O5S/c1-17-9-7-10-19(18(17)2)13-16-37(32,33)31-23-22(36-21-12-6-5-11-20(21)34-3)26(35-4)30-25(29-23)24-27-14-8-15-28-24/h5-16H,1-4H3,(H,29,30,31)/b16-13+. The highest BCUT2D eigenvalue weighted by atomic mass is 32.2. The van der Waals surface area contributed by atoms with Gasteiger partial charge in [0, 0.05) is 12.4 Å². The largest absolute Gasteiger partial charge is 0.493 e. The first kappa shape index (κ1) is 25.6. The van der Waals surface area contributed by atoms with E-state index in [1.165, 1.54) is 32.7 Å². The van der Waals surface area contributed by atoms with Crippen molar-refractivity contribution >= 4 is 21.9 Å². The number of aromatic nitrogens is 4. The van der Waals surface area contributed by atoms with Crippen LogP contribution >= 0.6 is 0 Å². The van der Waals surface area contributed by atoms with E-state index in [4.69, 9.17) is 14.2 Å². The maximum absolute atomic E-state index is 13.1. The fourth-order valence-electron chi connectivity index (χ4n) is 3.34. The van der Waals surface area contributed by atoms with Crippen LogP contribution in [0.1, 0.15) is 16.7 Å². The van der Waals surface area contributed by atoms with Gasteiger partial charge in [0.05, 0.1) is 19.6 Å². The van der Waals surface area contributed by atoms with E-state index in [2.05, 4.69) is 24.7 Å². The maximum Gasteiger partial charge on any atom is 0.263 e. The Labute approximate surface area is 215 Å². The Morgan fingerprint density at radius 1 is 0.838 bits per heavy atom. The van der Waals surface area contributed by atoms with Gasteiger partial charge in [-0.3, -0.25) is 4.72 Å². The molecule has 0 bridgehead atoms. The van der Waals surface area contributed by atoms with E-state index < -0.39 is 10.0 Å². The maximum atomic E-state index is 13.1. The lowest BCUT2D eigenvalue weighted by Crippen LogP contribution is -2.13. The van der Waals surface area contributed by atoms with Crippen molar-refractivity contribution in [1.29, 1.82) is 0 Å². The first-order chi connectivity index (χ1) is 17.8. The highest BCUT2D eigenvalue weighted by Crippen LogP contribution is 2.40. The summed E-state index contributed by atoms with van der Waals surface area (Å²) in [6, 6.07) is 14.2. The molecule has 0 fully saturated rings. The van der Waals surface area contributed by atoms with E-state index in [1.54, 1.807) is 30.3 Å². The monoisotopic (exact) mass is 519 g/mol. The van der Waals surface area contributed by atoms with E-state index in [0.717, 1.165) is 22.1 Å². The molecule has 2 aromatic carbocycles. The molecule has 0 aliphatic heterocycles. The molecule has 0 unspecified atom stereocenters. The molecular formula is C26H25N5O5S. The summed E-state index contributed by atoms with van der Waals surface area (Å²) in [6.45, 7) is 3.89. The van der Waals surface area contributed by atoms with Crippen LogP contribution in [0.4, 0.5) is 5.82 Å². The highest BCUT2D eigenvalue weighted by Gasteiger charge is 2.23. The van der Waals surface area contributed by atoms with Crippen LogP contribution in [-0.4, -0.2) is 42.6 Å². The second-order valence-corrected chi connectivity index (χ2v) is 9.36. The SMILES string of the molecule is COc1ccccc1Oc1c(NS(=O)(=O)/C=C/c2cccc(C)c2C)nc(-c2ncccn2)nc1OC. The number of rotatable bonds is 9.